The number of benzene rings is 2. The molecule has 2 aromatic carbocycles. The van der Waals surface area contributed by atoms with Crippen LogP contribution in [0.2, 0.25) is 0 Å². The molecule has 25 heavy (non-hydrogen) atoms. The first-order valence-electron chi connectivity index (χ1n) is 7.39. The topological polar surface area (TPSA) is 67.3 Å². The summed E-state index contributed by atoms with van der Waals surface area (Å²) in [6.45, 7) is 0.317. The van der Waals surface area contributed by atoms with Crippen molar-refractivity contribution in [3.63, 3.8) is 0 Å². The molecular weight excluding hydrogens is 335 g/mol. The first-order valence-corrected chi connectivity index (χ1v) is 7.39. The van der Waals surface area contributed by atoms with Gasteiger partial charge in [0.05, 0.1) is 12.5 Å². The normalized spacial score (nSPS) is 10.9. The van der Waals surface area contributed by atoms with Gasteiger partial charge in [-0.25, -0.2) is 23.1 Å². The van der Waals surface area contributed by atoms with Gasteiger partial charge in [0.25, 0.3) is 0 Å². The molecule has 8 heteroatoms. The number of halogens is 3. The number of phenols is 1. The first-order chi connectivity index (χ1) is 12.0. The fourth-order valence-corrected chi connectivity index (χ4v) is 2.47. The number of nitrogens with one attached hydrogen (secondary N) is 1. The Morgan fingerprint density at radius 1 is 1.12 bits per heavy atom. The summed E-state index contributed by atoms with van der Waals surface area (Å²) in [4.78, 5) is 7.53. The van der Waals surface area contributed by atoms with Crippen LogP contribution in [0.1, 0.15) is 5.56 Å². The third-order valence-electron chi connectivity index (χ3n) is 3.71. The Morgan fingerprint density at radius 3 is 2.68 bits per heavy atom. The van der Waals surface area contributed by atoms with E-state index in [1.54, 1.807) is 12.1 Å². The highest BCUT2D eigenvalue weighted by Gasteiger charge is 2.17. The molecule has 2 N–H and O–H groups in total. The molecule has 130 valence electrons. The highest BCUT2D eigenvalue weighted by Crippen LogP contribution is 2.28. The van der Waals surface area contributed by atoms with Crippen LogP contribution in [-0.4, -0.2) is 28.7 Å². The molecule has 5 nitrogen and oxygen atoms in total. The third-order valence-corrected chi connectivity index (χ3v) is 3.71. The van der Waals surface area contributed by atoms with E-state index < -0.39 is 17.5 Å². The minimum atomic E-state index is -1.30. The molecule has 1 aromatic heterocycles. The summed E-state index contributed by atoms with van der Waals surface area (Å²) < 4.78 is 46.3. The van der Waals surface area contributed by atoms with Crippen LogP contribution < -0.4 is 10.1 Å². The smallest absolute Gasteiger partial charge is 0.172 e. The number of ether oxygens (including phenoxy) is 1. The second-order valence-electron chi connectivity index (χ2n) is 5.28. The van der Waals surface area contributed by atoms with E-state index in [0.29, 0.717) is 24.8 Å². The lowest BCUT2D eigenvalue weighted by atomic mass is 10.1. The summed E-state index contributed by atoms with van der Waals surface area (Å²) >= 11 is 0. The van der Waals surface area contributed by atoms with Gasteiger partial charge in [-0.3, -0.25) is 0 Å². The molecule has 3 rings (SSSR count). The van der Waals surface area contributed by atoms with Crippen molar-refractivity contribution in [1.29, 1.82) is 0 Å². The second kappa shape index (κ2) is 6.84. The third kappa shape index (κ3) is 3.28. The van der Waals surface area contributed by atoms with E-state index in [1.807, 2.05) is 0 Å². The Labute approximate surface area is 141 Å². The number of phenolic OH excluding ortho intramolecular Hbond substituents is 1. The second-order valence-corrected chi connectivity index (χ2v) is 5.28. The Balaban J connectivity index is 1.82. The maximum absolute atomic E-state index is 14.0. The maximum atomic E-state index is 14.0. The Bertz CT molecular complexity index is 935. The van der Waals surface area contributed by atoms with Gasteiger partial charge in [-0.1, -0.05) is 6.07 Å². The fourth-order valence-electron chi connectivity index (χ4n) is 2.47. The molecule has 0 aliphatic carbocycles. The molecule has 0 fully saturated rings. The monoisotopic (exact) mass is 349 g/mol. The highest BCUT2D eigenvalue weighted by molar-refractivity contribution is 5.89. The molecule has 0 atom stereocenters. The van der Waals surface area contributed by atoms with Gasteiger partial charge < -0.3 is 15.2 Å². The van der Waals surface area contributed by atoms with Gasteiger partial charge in [0, 0.05) is 12.6 Å². The summed E-state index contributed by atoms with van der Waals surface area (Å²) in [5.74, 6) is -3.10. The molecule has 0 bridgehead atoms. The predicted octanol–water partition coefficient (Wildman–Crippen LogP) is 3.42. The van der Waals surface area contributed by atoms with Gasteiger partial charge in [0.1, 0.15) is 17.7 Å². The van der Waals surface area contributed by atoms with Crippen molar-refractivity contribution in [3.8, 4) is 11.5 Å². The molecular formula is C17H14F3N3O2. The first kappa shape index (κ1) is 16.8. The van der Waals surface area contributed by atoms with Crippen molar-refractivity contribution in [2.75, 3.05) is 19.0 Å². The van der Waals surface area contributed by atoms with Crippen LogP contribution in [-0.2, 0) is 6.42 Å². The number of nitrogens with zero attached hydrogens (tertiary/aromatic N) is 2. The lowest BCUT2D eigenvalue weighted by molar-refractivity contribution is 0.373. The van der Waals surface area contributed by atoms with Crippen LogP contribution in [0, 0.1) is 17.5 Å². The number of aromatic hydroxyl groups is 1. The van der Waals surface area contributed by atoms with Crippen molar-refractivity contribution in [1.82, 2.24) is 9.97 Å². The number of rotatable bonds is 5. The standard InChI is InChI=1S/C17H14F3N3O2/c1-25-13-6-9(2-3-12(13)24)4-5-21-17-14-15(20)10(18)7-11(19)16(14)22-8-23-17/h2-3,6-8,24H,4-5H2,1H3,(H,21,22,23). The number of hydrogen-bond acceptors (Lipinski definition) is 5. The molecule has 1 heterocycles. The largest absolute Gasteiger partial charge is 0.504 e. The zero-order valence-corrected chi connectivity index (χ0v) is 13.2. The minimum absolute atomic E-state index is 0.00615. The maximum Gasteiger partial charge on any atom is 0.172 e. The van der Waals surface area contributed by atoms with Gasteiger partial charge in [-0.15, -0.1) is 0 Å². The Kier molecular flexibility index (Phi) is 4.60. The minimum Gasteiger partial charge on any atom is -0.504 e. The molecule has 0 spiro atoms. The molecule has 0 saturated heterocycles. The number of aromatic nitrogens is 2. The van der Waals surface area contributed by atoms with Crippen LogP contribution in [0.4, 0.5) is 19.0 Å². The van der Waals surface area contributed by atoms with Crippen molar-refractivity contribution in [3.05, 3.63) is 53.6 Å². The van der Waals surface area contributed by atoms with Gasteiger partial charge in [-0.2, -0.15) is 0 Å². The van der Waals surface area contributed by atoms with Gasteiger partial charge in [0.2, 0.25) is 0 Å². The van der Waals surface area contributed by atoms with Gasteiger partial charge >= 0.3 is 0 Å². The van der Waals surface area contributed by atoms with Crippen molar-refractivity contribution >= 4 is 16.7 Å². The van der Waals surface area contributed by atoms with E-state index in [-0.39, 0.29) is 22.5 Å². The van der Waals surface area contributed by atoms with E-state index in [4.69, 9.17) is 4.74 Å². The number of methoxy groups -OCH3 is 1. The summed E-state index contributed by atoms with van der Waals surface area (Å²) in [6.07, 6.45) is 1.57. The van der Waals surface area contributed by atoms with Gasteiger partial charge in [-0.05, 0) is 24.1 Å². The highest BCUT2D eigenvalue weighted by atomic mass is 19.2. The molecule has 0 aliphatic heterocycles. The van der Waals surface area contributed by atoms with E-state index >= 15 is 0 Å². The lowest BCUT2D eigenvalue weighted by Crippen LogP contribution is -2.08. The van der Waals surface area contributed by atoms with Crippen LogP contribution in [0.5, 0.6) is 11.5 Å². The van der Waals surface area contributed by atoms with E-state index in [0.717, 1.165) is 11.9 Å². The average molecular weight is 349 g/mol. The summed E-state index contributed by atoms with van der Waals surface area (Å²) in [7, 11) is 1.44. The van der Waals surface area contributed by atoms with Crippen LogP contribution >= 0.6 is 0 Å². The zero-order chi connectivity index (χ0) is 18.0. The number of anilines is 1. The fraction of sp³-hybridized carbons (Fsp3) is 0.176. The molecule has 0 unspecified atom stereocenters. The molecule has 0 radical (unpaired) electrons. The van der Waals surface area contributed by atoms with Crippen molar-refractivity contribution in [2.24, 2.45) is 0 Å². The zero-order valence-electron chi connectivity index (χ0n) is 13.2. The molecule has 0 amide bonds. The van der Waals surface area contributed by atoms with Crippen LogP contribution in [0.3, 0.4) is 0 Å². The molecule has 0 saturated carbocycles. The van der Waals surface area contributed by atoms with Crippen LogP contribution in [0.25, 0.3) is 10.9 Å². The lowest BCUT2D eigenvalue weighted by Gasteiger charge is -2.10. The van der Waals surface area contributed by atoms with Gasteiger partial charge in [0.15, 0.2) is 29.0 Å². The van der Waals surface area contributed by atoms with E-state index in [2.05, 4.69) is 15.3 Å². The SMILES string of the molecule is COc1cc(CCNc2ncnc3c(F)cc(F)c(F)c23)ccc1O. The Morgan fingerprint density at radius 2 is 1.92 bits per heavy atom. The number of hydrogen-bond donors (Lipinski definition) is 2. The average Bonchev–Trinajstić information content (AvgIpc) is 2.61. The van der Waals surface area contributed by atoms with Crippen molar-refractivity contribution in [2.45, 2.75) is 6.42 Å². The van der Waals surface area contributed by atoms with E-state index in [9.17, 15) is 18.3 Å². The number of fused-ring (bicyclic) bond motifs is 1. The molecule has 3 aromatic rings. The van der Waals surface area contributed by atoms with Crippen LogP contribution in [0.15, 0.2) is 30.6 Å². The quantitative estimate of drug-likeness (QED) is 0.691. The van der Waals surface area contributed by atoms with Crippen molar-refractivity contribution < 1.29 is 23.0 Å². The summed E-state index contributed by atoms with van der Waals surface area (Å²) in [5.41, 5.74) is 0.557. The Hall–Kier alpha value is -3.03. The summed E-state index contributed by atoms with van der Waals surface area (Å²) in [5, 5.41) is 12.1. The van der Waals surface area contributed by atoms with E-state index in [1.165, 1.54) is 13.2 Å². The molecule has 0 aliphatic rings. The predicted molar refractivity (Wildman–Crippen MR) is 86.3 cm³/mol. The summed E-state index contributed by atoms with van der Waals surface area (Å²) in [6, 6.07) is 5.32.